The van der Waals surface area contributed by atoms with Crippen molar-refractivity contribution < 1.29 is 9.53 Å². The maximum atomic E-state index is 11.6. The Morgan fingerprint density at radius 3 is 2.77 bits per heavy atom. The molecule has 1 atom stereocenters. The Hall–Kier alpha value is -2.00. The number of hydrogen-bond acceptors (Lipinski definition) is 2. The number of carbonyl (C=O) groups is 1. The molecule has 0 saturated carbocycles. The molecule has 0 aromatic heterocycles. The van der Waals surface area contributed by atoms with Crippen molar-refractivity contribution in [2.24, 2.45) is 0 Å². The molecule has 0 saturated heterocycles. The van der Waals surface area contributed by atoms with Gasteiger partial charge in [0.1, 0.15) is 11.9 Å². The number of rotatable bonds is 5. The van der Waals surface area contributed by atoms with Crippen molar-refractivity contribution in [3.8, 4) is 5.75 Å². The molecule has 0 unspecified atom stereocenters. The van der Waals surface area contributed by atoms with Gasteiger partial charge < -0.3 is 10.1 Å². The monoisotopic (exact) mass is 315 g/mol. The number of anilines is 1. The van der Waals surface area contributed by atoms with Gasteiger partial charge in [0.15, 0.2) is 0 Å². The quantitative estimate of drug-likeness (QED) is 0.864. The van der Waals surface area contributed by atoms with Crippen molar-refractivity contribution in [2.45, 2.75) is 32.3 Å². The summed E-state index contributed by atoms with van der Waals surface area (Å²) in [5, 5.41) is 3.39. The number of fused-ring (bicyclic) bond motifs is 1. The first-order valence-electron chi connectivity index (χ1n) is 7.51. The van der Waals surface area contributed by atoms with Gasteiger partial charge in [-0.15, -0.1) is 0 Å². The molecule has 2 aromatic carbocycles. The van der Waals surface area contributed by atoms with Crippen LogP contribution in [0.5, 0.6) is 5.75 Å². The van der Waals surface area contributed by atoms with E-state index in [4.69, 9.17) is 16.3 Å². The summed E-state index contributed by atoms with van der Waals surface area (Å²) in [6.07, 6.45) is 2.23. The number of ether oxygens (including phenoxy) is 1. The lowest BCUT2D eigenvalue weighted by Crippen LogP contribution is -2.08. The van der Waals surface area contributed by atoms with Gasteiger partial charge in [0, 0.05) is 16.3 Å². The Labute approximate surface area is 135 Å². The minimum absolute atomic E-state index is 0.0196. The van der Waals surface area contributed by atoms with Gasteiger partial charge >= 0.3 is 0 Å². The van der Waals surface area contributed by atoms with Crippen molar-refractivity contribution in [3.63, 3.8) is 0 Å². The smallest absolute Gasteiger partial charge is 0.229 e. The zero-order chi connectivity index (χ0) is 15.5. The summed E-state index contributed by atoms with van der Waals surface area (Å²) in [4.78, 5) is 11.6. The van der Waals surface area contributed by atoms with Crippen LogP contribution in [-0.2, 0) is 11.2 Å². The highest BCUT2D eigenvalue weighted by Gasteiger charge is 2.24. The number of nitrogens with one attached hydrogen (secondary N) is 1. The van der Waals surface area contributed by atoms with Crippen molar-refractivity contribution >= 4 is 23.2 Å². The molecule has 114 valence electrons. The van der Waals surface area contributed by atoms with Crippen LogP contribution >= 0.6 is 11.6 Å². The van der Waals surface area contributed by atoms with Crippen LogP contribution in [0.4, 0.5) is 5.69 Å². The van der Waals surface area contributed by atoms with Gasteiger partial charge in [-0.3, -0.25) is 4.79 Å². The SMILES string of the molecule is CCC[C@@H](Oc1cc(Cl)cc2c1CC(=O)N2)c1ccccc1. The Bertz CT molecular complexity index is 685. The lowest BCUT2D eigenvalue weighted by molar-refractivity contribution is -0.115. The average molecular weight is 316 g/mol. The normalized spacial score (nSPS) is 14.4. The van der Waals surface area contributed by atoms with Crippen LogP contribution < -0.4 is 10.1 Å². The Morgan fingerprint density at radius 2 is 2.05 bits per heavy atom. The fourth-order valence-corrected chi connectivity index (χ4v) is 2.95. The molecule has 0 aliphatic carbocycles. The van der Waals surface area contributed by atoms with E-state index in [2.05, 4.69) is 24.4 Å². The zero-order valence-corrected chi connectivity index (χ0v) is 13.2. The lowest BCUT2D eigenvalue weighted by atomic mass is 10.0. The number of amides is 1. The van der Waals surface area contributed by atoms with Gasteiger partial charge in [0.25, 0.3) is 0 Å². The van der Waals surface area contributed by atoms with E-state index < -0.39 is 0 Å². The Morgan fingerprint density at radius 1 is 1.27 bits per heavy atom. The third kappa shape index (κ3) is 3.09. The molecule has 0 fully saturated rings. The van der Waals surface area contributed by atoms with Crippen LogP contribution in [0.2, 0.25) is 5.02 Å². The number of carbonyl (C=O) groups excluding carboxylic acids is 1. The Balaban J connectivity index is 1.92. The highest BCUT2D eigenvalue weighted by Crippen LogP contribution is 2.38. The second-order valence-electron chi connectivity index (χ2n) is 5.46. The summed E-state index contributed by atoms with van der Waals surface area (Å²) in [7, 11) is 0. The topological polar surface area (TPSA) is 38.3 Å². The molecule has 1 N–H and O–H groups in total. The van der Waals surface area contributed by atoms with E-state index in [-0.39, 0.29) is 12.0 Å². The first kappa shape index (κ1) is 14.9. The minimum Gasteiger partial charge on any atom is -0.485 e. The minimum atomic E-state index is -0.0375. The molecule has 22 heavy (non-hydrogen) atoms. The van der Waals surface area contributed by atoms with Gasteiger partial charge in [-0.25, -0.2) is 0 Å². The van der Waals surface area contributed by atoms with Crippen molar-refractivity contribution in [3.05, 3.63) is 58.6 Å². The molecule has 0 spiro atoms. The van der Waals surface area contributed by atoms with E-state index >= 15 is 0 Å². The van der Waals surface area contributed by atoms with Crippen LogP contribution in [0.3, 0.4) is 0 Å². The summed E-state index contributed by atoms with van der Waals surface area (Å²) in [6, 6.07) is 13.7. The van der Waals surface area contributed by atoms with Gasteiger partial charge in [-0.2, -0.15) is 0 Å². The molecule has 3 nitrogen and oxygen atoms in total. The highest BCUT2D eigenvalue weighted by atomic mass is 35.5. The summed E-state index contributed by atoms with van der Waals surface area (Å²) in [5.74, 6) is 0.678. The lowest BCUT2D eigenvalue weighted by Gasteiger charge is -2.21. The molecular formula is C18H18ClNO2. The van der Waals surface area contributed by atoms with E-state index in [1.54, 1.807) is 12.1 Å². The maximum Gasteiger partial charge on any atom is 0.229 e. The molecule has 2 aromatic rings. The molecule has 1 aliphatic heterocycles. The molecule has 0 radical (unpaired) electrons. The van der Waals surface area contributed by atoms with E-state index in [1.807, 2.05) is 18.2 Å². The highest BCUT2D eigenvalue weighted by molar-refractivity contribution is 6.31. The van der Waals surface area contributed by atoms with E-state index in [1.165, 1.54) is 0 Å². The predicted molar refractivity (Wildman–Crippen MR) is 88.5 cm³/mol. The summed E-state index contributed by atoms with van der Waals surface area (Å²) < 4.78 is 6.24. The number of halogens is 1. The van der Waals surface area contributed by atoms with Gasteiger partial charge in [-0.1, -0.05) is 55.3 Å². The van der Waals surface area contributed by atoms with Crippen LogP contribution in [0, 0.1) is 0 Å². The van der Waals surface area contributed by atoms with Crippen LogP contribution in [0.25, 0.3) is 0 Å². The van der Waals surface area contributed by atoms with Crippen molar-refractivity contribution in [2.75, 3.05) is 5.32 Å². The summed E-state index contributed by atoms with van der Waals surface area (Å²) >= 11 is 6.15. The molecular weight excluding hydrogens is 298 g/mol. The maximum absolute atomic E-state index is 11.6. The first-order chi connectivity index (χ1) is 10.7. The Kier molecular flexibility index (Phi) is 4.34. The van der Waals surface area contributed by atoms with Crippen LogP contribution in [-0.4, -0.2) is 5.91 Å². The molecule has 0 bridgehead atoms. The molecule has 1 amide bonds. The number of hydrogen-bond donors (Lipinski definition) is 1. The molecule has 1 aliphatic rings. The van der Waals surface area contributed by atoms with Crippen molar-refractivity contribution in [1.29, 1.82) is 0 Å². The van der Waals surface area contributed by atoms with Crippen molar-refractivity contribution in [1.82, 2.24) is 0 Å². The molecule has 3 rings (SSSR count). The third-order valence-corrected chi connectivity index (χ3v) is 3.99. The molecule has 1 heterocycles. The third-order valence-electron chi connectivity index (χ3n) is 3.78. The summed E-state index contributed by atoms with van der Waals surface area (Å²) in [6.45, 7) is 2.13. The zero-order valence-electron chi connectivity index (χ0n) is 12.4. The second kappa shape index (κ2) is 6.41. The van der Waals surface area contributed by atoms with E-state index in [0.29, 0.717) is 17.2 Å². The van der Waals surface area contributed by atoms with E-state index in [9.17, 15) is 4.79 Å². The predicted octanol–water partition coefficient (Wildman–Crippen LogP) is 4.75. The van der Waals surface area contributed by atoms with Gasteiger partial charge in [0.05, 0.1) is 6.42 Å². The van der Waals surface area contributed by atoms with E-state index in [0.717, 1.165) is 29.7 Å². The fourth-order valence-electron chi connectivity index (χ4n) is 2.74. The largest absolute Gasteiger partial charge is 0.485 e. The van der Waals surface area contributed by atoms with Gasteiger partial charge in [0.2, 0.25) is 5.91 Å². The standard InChI is InChI=1S/C18H18ClNO2/c1-2-6-16(12-7-4-3-5-8-12)22-17-10-13(19)9-15-14(17)11-18(21)20-15/h3-5,7-10,16H,2,6,11H2,1H3,(H,20,21)/t16-/m1/s1. The summed E-state index contributed by atoms with van der Waals surface area (Å²) in [5.41, 5.74) is 2.79. The van der Waals surface area contributed by atoms with Gasteiger partial charge in [-0.05, 0) is 24.1 Å². The van der Waals surface area contributed by atoms with Crippen LogP contribution in [0.1, 0.15) is 37.0 Å². The van der Waals surface area contributed by atoms with Crippen LogP contribution in [0.15, 0.2) is 42.5 Å². The first-order valence-corrected chi connectivity index (χ1v) is 7.89. The second-order valence-corrected chi connectivity index (χ2v) is 5.90. The average Bonchev–Trinajstić information content (AvgIpc) is 2.88. The fraction of sp³-hybridized carbons (Fsp3) is 0.278. The molecule has 4 heteroatoms. The number of benzene rings is 2.